The van der Waals surface area contributed by atoms with E-state index in [9.17, 15) is 19.1 Å². The van der Waals surface area contributed by atoms with E-state index in [1.165, 1.54) is 17.0 Å². The highest BCUT2D eigenvalue weighted by atomic mass is 19.1. The van der Waals surface area contributed by atoms with Crippen LogP contribution in [0, 0.1) is 5.82 Å². The molecule has 0 saturated carbocycles. The molecule has 108 valence electrons. The van der Waals surface area contributed by atoms with Gasteiger partial charge >= 0.3 is 0 Å². The average molecular weight is 281 g/mol. The van der Waals surface area contributed by atoms with Gasteiger partial charge in [0.05, 0.1) is 6.54 Å². The second-order valence-corrected chi connectivity index (χ2v) is 4.68. The number of phenols is 1. The van der Waals surface area contributed by atoms with Crippen molar-refractivity contribution in [2.75, 3.05) is 19.6 Å². The molecule has 1 unspecified atom stereocenters. The number of primary amides is 1. The van der Waals surface area contributed by atoms with Gasteiger partial charge in [-0.2, -0.15) is 0 Å². The summed E-state index contributed by atoms with van der Waals surface area (Å²) in [6, 6.07) is 3.37. The highest BCUT2D eigenvalue weighted by Crippen LogP contribution is 2.23. The van der Waals surface area contributed by atoms with E-state index in [0.717, 1.165) is 6.07 Å². The van der Waals surface area contributed by atoms with Gasteiger partial charge in [-0.05, 0) is 25.1 Å². The zero-order chi connectivity index (χ0) is 14.7. The molecule has 0 bridgehead atoms. The van der Waals surface area contributed by atoms with Crippen LogP contribution in [0.15, 0.2) is 18.2 Å². The van der Waals surface area contributed by atoms with Gasteiger partial charge in [-0.15, -0.1) is 0 Å². The van der Waals surface area contributed by atoms with Gasteiger partial charge < -0.3 is 21.1 Å². The third-order valence-electron chi connectivity index (χ3n) is 3.27. The number of rotatable bonds is 4. The highest BCUT2D eigenvalue weighted by Gasteiger charge is 2.31. The van der Waals surface area contributed by atoms with Crippen molar-refractivity contribution in [3.8, 4) is 5.75 Å². The molecule has 4 N–H and O–H groups in total. The summed E-state index contributed by atoms with van der Waals surface area (Å²) >= 11 is 0. The molecule has 1 heterocycles. The molecule has 1 atom stereocenters. The normalized spacial score (nSPS) is 17.9. The molecule has 0 radical (unpaired) electrons. The standard InChI is InChI=1S/C13H16FN3O3/c14-9-2-1-3-10(18)12(9)13(20)17(7-11(15)19)8-4-5-16-6-8/h1-3,8,16,18H,4-7H2,(H2,15,19). The van der Waals surface area contributed by atoms with Gasteiger partial charge in [-0.1, -0.05) is 6.07 Å². The zero-order valence-corrected chi connectivity index (χ0v) is 10.8. The van der Waals surface area contributed by atoms with E-state index in [4.69, 9.17) is 5.73 Å². The average Bonchev–Trinajstić information content (AvgIpc) is 2.88. The van der Waals surface area contributed by atoms with E-state index in [0.29, 0.717) is 19.5 Å². The number of halogens is 1. The molecule has 0 spiro atoms. The van der Waals surface area contributed by atoms with E-state index in [1.54, 1.807) is 0 Å². The smallest absolute Gasteiger partial charge is 0.261 e. The molecule has 20 heavy (non-hydrogen) atoms. The van der Waals surface area contributed by atoms with Crippen molar-refractivity contribution in [1.29, 1.82) is 0 Å². The molecule has 1 aliphatic heterocycles. The number of phenolic OH excluding ortho intramolecular Hbond substituents is 1. The number of carbonyl (C=O) groups is 2. The van der Waals surface area contributed by atoms with Crippen molar-refractivity contribution < 1.29 is 19.1 Å². The number of carbonyl (C=O) groups excluding carboxylic acids is 2. The maximum atomic E-state index is 13.7. The lowest BCUT2D eigenvalue weighted by Gasteiger charge is -2.27. The van der Waals surface area contributed by atoms with Crippen molar-refractivity contribution in [3.05, 3.63) is 29.6 Å². The Morgan fingerprint density at radius 1 is 1.50 bits per heavy atom. The Bertz CT molecular complexity index is 509. The minimum Gasteiger partial charge on any atom is -0.507 e. The van der Waals surface area contributed by atoms with Gasteiger partial charge in [0.15, 0.2) is 0 Å². The topological polar surface area (TPSA) is 95.7 Å². The first-order valence-electron chi connectivity index (χ1n) is 6.28. The second kappa shape index (κ2) is 5.87. The maximum Gasteiger partial charge on any atom is 0.261 e. The van der Waals surface area contributed by atoms with Crippen molar-refractivity contribution in [3.63, 3.8) is 0 Å². The highest BCUT2D eigenvalue weighted by molar-refractivity contribution is 5.99. The van der Waals surface area contributed by atoms with Crippen LogP contribution in [0.1, 0.15) is 16.8 Å². The van der Waals surface area contributed by atoms with Crippen molar-refractivity contribution in [2.45, 2.75) is 12.5 Å². The molecular formula is C13H16FN3O3. The van der Waals surface area contributed by atoms with Crippen LogP contribution >= 0.6 is 0 Å². The minimum absolute atomic E-state index is 0.242. The molecule has 1 aliphatic rings. The Morgan fingerprint density at radius 2 is 2.25 bits per heavy atom. The van der Waals surface area contributed by atoms with Crippen molar-refractivity contribution in [2.24, 2.45) is 5.73 Å². The van der Waals surface area contributed by atoms with Crippen LogP contribution in [0.25, 0.3) is 0 Å². The molecule has 1 fully saturated rings. The van der Waals surface area contributed by atoms with Crippen molar-refractivity contribution >= 4 is 11.8 Å². The van der Waals surface area contributed by atoms with E-state index < -0.39 is 28.9 Å². The predicted octanol–water partition coefficient (Wildman–Crippen LogP) is -0.179. The lowest BCUT2D eigenvalue weighted by atomic mass is 10.1. The number of aromatic hydroxyl groups is 1. The fourth-order valence-electron chi connectivity index (χ4n) is 2.31. The van der Waals surface area contributed by atoms with Crippen LogP contribution in [-0.4, -0.2) is 47.5 Å². The molecule has 6 nitrogen and oxygen atoms in total. The maximum absolute atomic E-state index is 13.7. The summed E-state index contributed by atoms with van der Waals surface area (Å²) in [4.78, 5) is 24.7. The summed E-state index contributed by atoms with van der Waals surface area (Å²) in [5.41, 5.74) is 4.71. The van der Waals surface area contributed by atoms with E-state index >= 15 is 0 Å². The number of hydrogen-bond acceptors (Lipinski definition) is 4. The zero-order valence-electron chi connectivity index (χ0n) is 10.8. The number of nitrogens with one attached hydrogen (secondary N) is 1. The first-order chi connectivity index (χ1) is 9.50. The van der Waals surface area contributed by atoms with Gasteiger partial charge in [-0.3, -0.25) is 9.59 Å². The van der Waals surface area contributed by atoms with Crippen LogP contribution in [0.4, 0.5) is 4.39 Å². The van der Waals surface area contributed by atoms with Crippen LogP contribution < -0.4 is 11.1 Å². The van der Waals surface area contributed by atoms with Crippen LogP contribution in [0.2, 0.25) is 0 Å². The Kier molecular flexibility index (Phi) is 4.19. The summed E-state index contributed by atoms with van der Waals surface area (Å²) in [6.45, 7) is 0.906. The summed E-state index contributed by atoms with van der Waals surface area (Å²) < 4.78 is 13.7. The number of hydrogen-bond donors (Lipinski definition) is 3. The lowest BCUT2D eigenvalue weighted by Crippen LogP contribution is -2.46. The third kappa shape index (κ3) is 2.88. The Labute approximate surface area is 115 Å². The fraction of sp³-hybridized carbons (Fsp3) is 0.385. The second-order valence-electron chi connectivity index (χ2n) is 4.68. The number of benzene rings is 1. The molecule has 0 aromatic heterocycles. The van der Waals surface area contributed by atoms with Gasteiger partial charge in [-0.25, -0.2) is 4.39 Å². The molecule has 1 aromatic carbocycles. The first-order valence-corrected chi connectivity index (χ1v) is 6.28. The third-order valence-corrected chi connectivity index (χ3v) is 3.27. The quantitative estimate of drug-likeness (QED) is 0.713. The number of nitrogens with zero attached hydrogens (tertiary/aromatic N) is 1. The monoisotopic (exact) mass is 281 g/mol. The summed E-state index contributed by atoms with van der Waals surface area (Å²) in [5, 5.41) is 12.7. The molecule has 2 rings (SSSR count). The SMILES string of the molecule is NC(=O)CN(C(=O)c1c(O)cccc1F)C1CCNC1. The minimum atomic E-state index is -0.824. The molecule has 1 aromatic rings. The van der Waals surface area contributed by atoms with E-state index in [1.807, 2.05) is 0 Å². The van der Waals surface area contributed by atoms with Crippen LogP contribution in [0.3, 0.4) is 0 Å². The Balaban J connectivity index is 2.32. The van der Waals surface area contributed by atoms with Gasteiger partial charge in [0, 0.05) is 12.6 Å². The molecule has 7 heteroatoms. The first kappa shape index (κ1) is 14.3. The van der Waals surface area contributed by atoms with Crippen molar-refractivity contribution in [1.82, 2.24) is 10.2 Å². The fourth-order valence-corrected chi connectivity index (χ4v) is 2.31. The summed E-state index contributed by atoms with van der Waals surface area (Å²) in [7, 11) is 0. The number of amides is 2. The Morgan fingerprint density at radius 3 is 2.80 bits per heavy atom. The summed E-state index contributed by atoms with van der Waals surface area (Å²) in [6.07, 6.45) is 0.647. The van der Waals surface area contributed by atoms with Crippen LogP contribution in [-0.2, 0) is 4.79 Å². The largest absolute Gasteiger partial charge is 0.507 e. The molecular weight excluding hydrogens is 265 g/mol. The number of nitrogens with two attached hydrogens (primary N) is 1. The molecule has 2 amide bonds. The molecule has 0 aliphatic carbocycles. The summed E-state index contributed by atoms with van der Waals surface area (Å²) in [5.74, 6) is -2.68. The van der Waals surface area contributed by atoms with Gasteiger partial charge in [0.2, 0.25) is 5.91 Å². The molecule has 1 saturated heterocycles. The van der Waals surface area contributed by atoms with Gasteiger partial charge in [0.1, 0.15) is 17.1 Å². The predicted molar refractivity (Wildman–Crippen MR) is 69.6 cm³/mol. The van der Waals surface area contributed by atoms with E-state index in [2.05, 4.69) is 5.32 Å². The lowest BCUT2D eigenvalue weighted by molar-refractivity contribution is -0.119. The van der Waals surface area contributed by atoms with E-state index in [-0.39, 0.29) is 12.6 Å². The van der Waals surface area contributed by atoms with Gasteiger partial charge in [0.25, 0.3) is 5.91 Å². The Hall–Kier alpha value is -2.15. The van der Waals surface area contributed by atoms with Crippen LogP contribution in [0.5, 0.6) is 5.75 Å².